The molecule has 1 fully saturated rings. The number of hydrogen-bond acceptors (Lipinski definition) is 3. The van der Waals surface area contributed by atoms with E-state index in [0.717, 1.165) is 50.8 Å². The normalized spacial score (nSPS) is 19.8. The summed E-state index contributed by atoms with van der Waals surface area (Å²) in [5.41, 5.74) is 1.25. The zero-order chi connectivity index (χ0) is 17.3. The first-order valence-electron chi connectivity index (χ1n) is 9.08. The lowest BCUT2D eigenvalue weighted by atomic mass is 9.95. The van der Waals surface area contributed by atoms with Crippen molar-refractivity contribution in [1.82, 2.24) is 10.6 Å². The Balaban J connectivity index is 0.00000243. The van der Waals surface area contributed by atoms with E-state index in [0.29, 0.717) is 5.92 Å². The van der Waals surface area contributed by atoms with Crippen LogP contribution in [0.2, 0.25) is 0 Å². The summed E-state index contributed by atoms with van der Waals surface area (Å²) in [4.78, 5) is 4.77. The van der Waals surface area contributed by atoms with Crippen LogP contribution in [0.4, 0.5) is 0 Å². The summed E-state index contributed by atoms with van der Waals surface area (Å²) in [6.07, 6.45) is 3.75. The molecule has 1 aliphatic rings. The third-order valence-corrected chi connectivity index (χ3v) is 4.41. The third kappa shape index (κ3) is 6.02. The number of aliphatic imine (C=N–C) groups is 1. The van der Waals surface area contributed by atoms with E-state index in [9.17, 15) is 0 Å². The van der Waals surface area contributed by atoms with Crippen molar-refractivity contribution in [3.63, 3.8) is 0 Å². The third-order valence-electron chi connectivity index (χ3n) is 4.41. The van der Waals surface area contributed by atoms with Crippen LogP contribution in [0.1, 0.15) is 30.8 Å². The number of nitrogens with one attached hydrogen (secondary N) is 2. The van der Waals surface area contributed by atoms with Crippen LogP contribution in [0.15, 0.2) is 58.1 Å². The van der Waals surface area contributed by atoms with Crippen LogP contribution >= 0.6 is 24.0 Å². The van der Waals surface area contributed by atoms with Gasteiger partial charge in [0.05, 0.1) is 12.4 Å². The van der Waals surface area contributed by atoms with Gasteiger partial charge in [0.25, 0.3) is 0 Å². The van der Waals surface area contributed by atoms with Gasteiger partial charge in [-0.15, -0.1) is 24.0 Å². The number of furan rings is 1. The Hall–Kier alpha value is -1.54. The molecule has 0 amide bonds. The number of ether oxygens (including phenoxy) is 1. The summed E-state index contributed by atoms with van der Waals surface area (Å²) in [7, 11) is 0. The molecule has 0 saturated carbocycles. The fourth-order valence-corrected chi connectivity index (χ4v) is 3.14. The topological polar surface area (TPSA) is 58.8 Å². The van der Waals surface area contributed by atoms with Crippen LogP contribution in [-0.2, 0) is 11.2 Å². The molecule has 2 aromatic rings. The Morgan fingerprint density at radius 2 is 2.00 bits per heavy atom. The second-order valence-corrected chi connectivity index (χ2v) is 6.23. The first-order valence-corrected chi connectivity index (χ1v) is 9.08. The van der Waals surface area contributed by atoms with E-state index in [4.69, 9.17) is 14.1 Å². The molecule has 2 unspecified atom stereocenters. The van der Waals surface area contributed by atoms with Crippen molar-refractivity contribution in [3.8, 4) is 0 Å². The highest BCUT2D eigenvalue weighted by Crippen LogP contribution is 2.34. The molecule has 0 radical (unpaired) electrons. The van der Waals surface area contributed by atoms with Crippen LogP contribution in [0.5, 0.6) is 0 Å². The zero-order valence-corrected chi connectivity index (χ0v) is 17.5. The first-order chi connectivity index (χ1) is 12.4. The van der Waals surface area contributed by atoms with Crippen LogP contribution in [-0.4, -0.2) is 32.2 Å². The van der Waals surface area contributed by atoms with Gasteiger partial charge in [-0.2, -0.15) is 0 Å². The van der Waals surface area contributed by atoms with E-state index in [1.54, 1.807) is 6.26 Å². The minimum absolute atomic E-state index is 0. The van der Waals surface area contributed by atoms with Gasteiger partial charge in [0.1, 0.15) is 5.76 Å². The number of benzene rings is 1. The highest BCUT2D eigenvalue weighted by molar-refractivity contribution is 14.0. The molecule has 0 spiro atoms. The zero-order valence-electron chi connectivity index (χ0n) is 15.2. The van der Waals surface area contributed by atoms with Gasteiger partial charge >= 0.3 is 0 Å². The average molecular weight is 469 g/mol. The maximum Gasteiger partial charge on any atom is 0.191 e. The van der Waals surface area contributed by atoms with Crippen LogP contribution in [0.3, 0.4) is 0 Å². The Kier molecular flexibility index (Phi) is 8.97. The van der Waals surface area contributed by atoms with Crippen molar-refractivity contribution < 1.29 is 9.15 Å². The van der Waals surface area contributed by atoms with Gasteiger partial charge in [0, 0.05) is 38.6 Å². The maximum atomic E-state index is 5.95. The molecule has 6 heteroatoms. The van der Waals surface area contributed by atoms with Crippen molar-refractivity contribution >= 4 is 29.9 Å². The lowest BCUT2D eigenvalue weighted by Crippen LogP contribution is -2.38. The number of halogens is 1. The van der Waals surface area contributed by atoms with Gasteiger partial charge in [0.15, 0.2) is 5.96 Å². The number of rotatable bonds is 7. The second kappa shape index (κ2) is 11.2. The van der Waals surface area contributed by atoms with E-state index >= 15 is 0 Å². The Morgan fingerprint density at radius 1 is 1.15 bits per heavy atom. The van der Waals surface area contributed by atoms with Gasteiger partial charge in [-0.25, -0.2) is 0 Å². The minimum atomic E-state index is 0. The predicted octanol–water partition coefficient (Wildman–Crippen LogP) is 3.77. The molecule has 2 N–H and O–H groups in total. The number of nitrogens with zero attached hydrogens (tertiary/aromatic N) is 1. The fraction of sp³-hybridized carbons (Fsp3) is 0.450. The molecule has 1 aromatic carbocycles. The minimum Gasteiger partial charge on any atom is -0.469 e. The molecule has 1 aliphatic heterocycles. The molecule has 5 nitrogen and oxygen atoms in total. The first kappa shape index (κ1) is 20.8. The molecule has 26 heavy (non-hydrogen) atoms. The Bertz CT molecular complexity index is 646. The quantitative estimate of drug-likeness (QED) is 0.368. The molecule has 1 saturated heterocycles. The summed E-state index contributed by atoms with van der Waals surface area (Å²) in [5, 5.41) is 6.68. The summed E-state index contributed by atoms with van der Waals surface area (Å²) < 4.78 is 11.3. The standard InChI is InChI=1S/C20H27N3O2.HI/c1-2-21-20(22-12-10-18-9-6-13-24-18)23-15-17-11-14-25-19(17)16-7-4-3-5-8-16;/h3-9,13,17,19H,2,10-12,14-15H2,1H3,(H2,21,22,23);1H. The SMILES string of the molecule is CCNC(=NCC1CCOC1c1ccccc1)NCCc1ccco1.I. The van der Waals surface area contributed by atoms with Crippen LogP contribution in [0, 0.1) is 5.92 Å². The van der Waals surface area contributed by atoms with Gasteiger partial charge in [0.2, 0.25) is 0 Å². The summed E-state index contributed by atoms with van der Waals surface area (Å²) >= 11 is 0. The van der Waals surface area contributed by atoms with E-state index in [2.05, 4.69) is 41.8 Å². The molecule has 2 heterocycles. The highest BCUT2D eigenvalue weighted by Gasteiger charge is 2.29. The highest BCUT2D eigenvalue weighted by atomic mass is 127. The van der Waals surface area contributed by atoms with Gasteiger partial charge in [-0.3, -0.25) is 4.99 Å². The van der Waals surface area contributed by atoms with Crippen LogP contribution in [0.25, 0.3) is 0 Å². The predicted molar refractivity (Wildman–Crippen MR) is 115 cm³/mol. The van der Waals surface area contributed by atoms with Crippen molar-refractivity contribution in [2.24, 2.45) is 10.9 Å². The van der Waals surface area contributed by atoms with Gasteiger partial charge in [-0.05, 0) is 31.0 Å². The Morgan fingerprint density at radius 3 is 2.73 bits per heavy atom. The van der Waals surface area contributed by atoms with E-state index < -0.39 is 0 Å². The largest absolute Gasteiger partial charge is 0.469 e. The fourth-order valence-electron chi connectivity index (χ4n) is 3.14. The summed E-state index contributed by atoms with van der Waals surface area (Å²) in [5.74, 6) is 2.26. The molecule has 142 valence electrons. The van der Waals surface area contributed by atoms with E-state index in [1.807, 2.05) is 18.2 Å². The average Bonchev–Trinajstić information content (AvgIpc) is 3.32. The van der Waals surface area contributed by atoms with Crippen molar-refractivity contribution in [1.29, 1.82) is 0 Å². The van der Waals surface area contributed by atoms with Gasteiger partial charge < -0.3 is 19.8 Å². The molecule has 0 aliphatic carbocycles. The van der Waals surface area contributed by atoms with Crippen molar-refractivity contribution in [2.45, 2.75) is 25.9 Å². The number of guanidine groups is 1. The molecule has 2 atom stereocenters. The Labute approximate surface area is 172 Å². The molecular formula is C20H28IN3O2. The molecular weight excluding hydrogens is 441 g/mol. The van der Waals surface area contributed by atoms with Crippen LogP contribution < -0.4 is 10.6 Å². The number of hydrogen-bond donors (Lipinski definition) is 2. The lowest BCUT2D eigenvalue weighted by Gasteiger charge is -2.18. The van der Waals surface area contributed by atoms with Crippen molar-refractivity contribution in [3.05, 3.63) is 60.1 Å². The lowest BCUT2D eigenvalue weighted by molar-refractivity contribution is 0.0925. The molecule has 1 aromatic heterocycles. The monoisotopic (exact) mass is 469 g/mol. The summed E-state index contributed by atoms with van der Waals surface area (Å²) in [6.45, 7) is 5.28. The maximum absolute atomic E-state index is 5.95. The molecule has 0 bridgehead atoms. The van der Waals surface area contributed by atoms with Gasteiger partial charge in [-0.1, -0.05) is 30.3 Å². The van der Waals surface area contributed by atoms with E-state index in [-0.39, 0.29) is 30.1 Å². The van der Waals surface area contributed by atoms with E-state index in [1.165, 1.54) is 5.56 Å². The smallest absolute Gasteiger partial charge is 0.191 e. The molecule has 3 rings (SSSR count). The van der Waals surface area contributed by atoms with Crippen molar-refractivity contribution in [2.75, 3.05) is 26.2 Å². The second-order valence-electron chi connectivity index (χ2n) is 6.23. The summed E-state index contributed by atoms with van der Waals surface area (Å²) in [6, 6.07) is 14.4.